The van der Waals surface area contributed by atoms with E-state index in [1.54, 1.807) is 0 Å². The molecule has 14 aromatic rings. The number of rotatable bonds is 7. The number of benzene rings is 14. The Hall–Kier alpha value is -8.38. The molecule has 4 heteroatoms. The van der Waals surface area contributed by atoms with Gasteiger partial charge in [-0.15, -0.1) is 0 Å². The quantitative estimate of drug-likeness (QED) is 0.123. The summed E-state index contributed by atoms with van der Waals surface area (Å²) < 4.78 is 1.13. The molecule has 338 valence electrons. The first-order valence-electron chi connectivity index (χ1n) is 24.4. The van der Waals surface area contributed by atoms with Gasteiger partial charge in [-0.3, -0.25) is 0 Å². The van der Waals surface area contributed by atoms with E-state index in [1.165, 1.54) is 65.7 Å². The van der Waals surface area contributed by atoms with Gasteiger partial charge < -0.3 is 10.0 Å². The Morgan fingerprint density at radius 2 is 0.458 bits per heavy atom. The average Bonchev–Trinajstić information content (AvgIpc) is 3.45. The van der Waals surface area contributed by atoms with Gasteiger partial charge in [0.1, 0.15) is 0 Å². The van der Waals surface area contributed by atoms with E-state index in [4.69, 9.17) is 0 Å². The molecule has 14 aromatic carbocycles. The zero-order chi connectivity index (χ0) is 48.3. The van der Waals surface area contributed by atoms with Gasteiger partial charge in [-0.1, -0.05) is 253 Å². The van der Waals surface area contributed by atoms with Crippen LogP contribution < -0.4 is 5.46 Å². The van der Waals surface area contributed by atoms with Crippen LogP contribution in [0.4, 0.5) is 0 Å². The Kier molecular flexibility index (Phi) is 11.0. The van der Waals surface area contributed by atoms with Gasteiger partial charge in [-0.2, -0.15) is 0 Å². The molecular formula is C68H44BBrO2. The van der Waals surface area contributed by atoms with Crippen molar-refractivity contribution in [2.24, 2.45) is 0 Å². The summed E-state index contributed by atoms with van der Waals surface area (Å²) in [5.74, 6) is 0. The number of halogens is 1. The summed E-state index contributed by atoms with van der Waals surface area (Å²) in [7, 11) is -1.57. The fourth-order valence-corrected chi connectivity index (χ4v) is 11.9. The Bertz CT molecular complexity index is 4140. The second-order valence-corrected chi connectivity index (χ2v) is 19.4. The topological polar surface area (TPSA) is 40.5 Å². The van der Waals surface area contributed by atoms with Crippen molar-refractivity contribution < 1.29 is 10.0 Å². The fraction of sp³-hybridized carbons (Fsp3) is 0. The molecule has 0 aliphatic rings. The van der Waals surface area contributed by atoms with Crippen LogP contribution >= 0.6 is 15.9 Å². The van der Waals surface area contributed by atoms with Crippen LogP contribution in [0.5, 0.6) is 0 Å². The van der Waals surface area contributed by atoms with Crippen LogP contribution in [0.25, 0.3) is 131 Å². The molecule has 0 aromatic heterocycles. The first-order chi connectivity index (χ1) is 35.5. The summed E-state index contributed by atoms with van der Waals surface area (Å²) in [6, 6.07) is 90.1. The highest BCUT2D eigenvalue weighted by Crippen LogP contribution is 2.49. The van der Waals surface area contributed by atoms with Gasteiger partial charge >= 0.3 is 7.12 Å². The predicted octanol–water partition coefficient (Wildman–Crippen LogP) is 17.6. The standard InChI is InChI=1S/C34H23BO2.C34H21Br/c36-35(37)32-21-31(24-14-8-3-9-15-24)27-17-16-25-29(22-10-4-1-5-11-22)20-30(23-12-6-2-7-13-23)26-18-19-28(32)34(27)33(25)26;35-32-21-31(24-14-8-3-9-15-24)27-17-16-25-29(22-10-4-1-5-11-22)20-30(23-12-6-2-7-13-23)26-18-19-28(32)34(27)33(25)26/h1-21,36-37H;1-21H. The molecule has 2 nitrogen and oxygen atoms in total. The zero-order valence-corrected chi connectivity index (χ0v) is 40.7. The van der Waals surface area contributed by atoms with Crippen LogP contribution in [0, 0.1) is 0 Å². The summed E-state index contributed by atoms with van der Waals surface area (Å²) in [6.45, 7) is 0. The zero-order valence-electron chi connectivity index (χ0n) is 39.1. The van der Waals surface area contributed by atoms with Crippen molar-refractivity contribution in [2.75, 3.05) is 0 Å². The van der Waals surface area contributed by atoms with Gasteiger partial charge in [0.2, 0.25) is 0 Å². The lowest BCUT2D eigenvalue weighted by atomic mass is 9.73. The average molecular weight is 984 g/mol. The molecule has 0 heterocycles. The molecule has 2 N–H and O–H groups in total. The Balaban J connectivity index is 0.000000140. The van der Waals surface area contributed by atoms with Crippen molar-refractivity contribution >= 4 is 93.1 Å². The van der Waals surface area contributed by atoms with Crippen LogP contribution in [-0.4, -0.2) is 17.2 Å². The van der Waals surface area contributed by atoms with Gasteiger partial charge in [0.15, 0.2) is 0 Å². The van der Waals surface area contributed by atoms with Gasteiger partial charge in [0, 0.05) is 4.47 Å². The largest absolute Gasteiger partial charge is 0.489 e. The van der Waals surface area contributed by atoms with Crippen LogP contribution in [0.1, 0.15) is 0 Å². The van der Waals surface area contributed by atoms with Gasteiger partial charge in [0.25, 0.3) is 0 Å². The van der Waals surface area contributed by atoms with E-state index in [0.717, 1.165) is 70.2 Å². The SMILES string of the molecule is Brc1cc(-c2ccccc2)c2ccc3c(-c4ccccc4)cc(-c4ccccc4)c4ccc1c2c43.OB(O)c1cc(-c2ccccc2)c2ccc3c(-c4ccccc4)cc(-c4ccccc4)c4ccc1c2c43. The predicted molar refractivity (Wildman–Crippen MR) is 310 cm³/mol. The smallest absolute Gasteiger partial charge is 0.423 e. The molecule has 0 aliphatic carbocycles. The van der Waals surface area contributed by atoms with E-state index in [2.05, 4.69) is 228 Å². The molecule has 0 fully saturated rings. The highest BCUT2D eigenvalue weighted by molar-refractivity contribution is 9.10. The minimum Gasteiger partial charge on any atom is -0.423 e. The monoisotopic (exact) mass is 982 g/mol. The van der Waals surface area contributed by atoms with Crippen LogP contribution in [0.3, 0.4) is 0 Å². The van der Waals surface area contributed by atoms with Crippen LogP contribution in [-0.2, 0) is 0 Å². The van der Waals surface area contributed by atoms with Crippen LogP contribution in [0.15, 0.2) is 259 Å². The minimum absolute atomic E-state index is 0.520. The molecule has 0 amide bonds. The highest BCUT2D eigenvalue weighted by Gasteiger charge is 2.24. The second kappa shape index (κ2) is 18.1. The lowest BCUT2D eigenvalue weighted by Crippen LogP contribution is -2.30. The molecule has 0 unspecified atom stereocenters. The highest BCUT2D eigenvalue weighted by atomic mass is 79.9. The molecule has 0 radical (unpaired) electrons. The van der Waals surface area contributed by atoms with E-state index < -0.39 is 7.12 Å². The summed E-state index contributed by atoms with van der Waals surface area (Å²) in [5, 5.41) is 35.2. The third-order valence-electron chi connectivity index (χ3n) is 14.6. The molecule has 14 rings (SSSR count). The number of hydrogen-bond donors (Lipinski definition) is 2. The molecule has 0 bridgehead atoms. The van der Waals surface area contributed by atoms with E-state index in [9.17, 15) is 10.0 Å². The Morgan fingerprint density at radius 1 is 0.236 bits per heavy atom. The molecule has 0 saturated carbocycles. The second-order valence-electron chi connectivity index (χ2n) is 18.6. The summed E-state index contributed by atoms with van der Waals surface area (Å²) in [6.07, 6.45) is 0. The Labute approximate surface area is 426 Å². The van der Waals surface area contributed by atoms with Crippen molar-refractivity contribution in [3.63, 3.8) is 0 Å². The molecule has 72 heavy (non-hydrogen) atoms. The first kappa shape index (κ1) is 43.6. The maximum Gasteiger partial charge on any atom is 0.489 e. The number of hydrogen-bond acceptors (Lipinski definition) is 2. The third-order valence-corrected chi connectivity index (χ3v) is 15.2. The minimum atomic E-state index is -1.57. The van der Waals surface area contributed by atoms with Crippen molar-refractivity contribution in [3.05, 3.63) is 259 Å². The van der Waals surface area contributed by atoms with Gasteiger partial charge in [-0.05, 0) is 155 Å². The maximum absolute atomic E-state index is 10.4. The van der Waals surface area contributed by atoms with Crippen LogP contribution in [0.2, 0.25) is 0 Å². The van der Waals surface area contributed by atoms with E-state index in [1.807, 2.05) is 42.5 Å². The van der Waals surface area contributed by atoms with Gasteiger partial charge in [-0.25, -0.2) is 0 Å². The Morgan fingerprint density at radius 3 is 0.750 bits per heavy atom. The summed E-state index contributed by atoms with van der Waals surface area (Å²) >= 11 is 3.92. The molecular weight excluding hydrogens is 939 g/mol. The normalized spacial score (nSPS) is 11.5. The van der Waals surface area contributed by atoms with Crippen molar-refractivity contribution in [1.82, 2.24) is 0 Å². The maximum atomic E-state index is 10.4. The molecule has 0 spiro atoms. The van der Waals surface area contributed by atoms with Crippen molar-refractivity contribution in [1.29, 1.82) is 0 Å². The summed E-state index contributed by atoms with van der Waals surface area (Å²) in [5.41, 5.74) is 14.7. The van der Waals surface area contributed by atoms with Gasteiger partial charge in [0.05, 0.1) is 0 Å². The molecule has 0 atom stereocenters. The van der Waals surface area contributed by atoms with Crippen molar-refractivity contribution in [3.8, 4) is 66.8 Å². The van der Waals surface area contributed by atoms with Crippen molar-refractivity contribution in [2.45, 2.75) is 0 Å². The lowest BCUT2D eigenvalue weighted by molar-refractivity contribution is 0.426. The summed E-state index contributed by atoms with van der Waals surface area (Å²) in [4.78, 5) is 0. The van der Waals surface area contributed by atoms with E-state index in [-0.39, 0.29) is 0 Å². The molecule has 0 aliphatic heterocycles. The molecule has 0 saturated heterocycles. The first-order valence-corrected chi connectivity index (χ1v) is 25.2. The fourth-order valence-electron chi connectivity index (χ4n) is 11.3. The lowest BCUT2D eigenvalue weighted by Gasteiger charge is -2.21. The van der Waals surface area contributed by atoms with E-state index >= 15 is 0 Å². The van der Waals surface area contributed by atoms with E-state index in [0.29, 0.717) is 5.46 Å². The third kappa shape index (κ3) is 7.34.